The van der Waals surface area contributed by atoms with Crippen molar-refractivity contribution in [1.29, 1.82) is 0 Å². The van der Waals surface area contributed by atoms with E-state index in [-0.39, 0.29) is 11.5 Å². The molecule has 1 aromatic carbocycles. The molecule has 1 fully saturated rings. The first-order chi connectivity index (χ1) is 13.7. The summed E-state index contributed by atoms with van der Waals surface area (Å²) in [5.41, 5.74) is 1.75. The Labute approximate surface area is 169 Å². The number of hydrogen-bond donors (Lipinski definition) is 2. The zero-order valence-electron chi connectivity index (χ0n) is 17.1. The fourth-order valence-corrected chi connectivity index (χ4v) is 4.98. The second-order valence-corrected chi connectivity index (χ2v) is 8.49. The van der Waals surface area contributed by atoms with Gasteiger partial charge in [0.1, 0.15) is 11.9 Å². The summed E-state index contributed by atoms with van der Waals surface area (Å²) < 4.78 is 1.53. The zero-order chi connectivity index (χ0) is 20.9. The molecule has 7 heteroatoms. The monoisotopic (exact) mass is 397 g/mol. The van der Waals surface area contributed by atoms with E-state index in [0.717, 1.165) is 42.4 Å². The van der Waals surface area contributed by atoms with Gasteiger partial charge in [-0.15, -0.1) is 0 Å². The maximum Gasteiger partial charge on any atom is 0.316 e. The van der Waals surface area contributed by atoms with Crippen molar-refractivity contribution in [3.05, 3.63) is 56.8 Å². The Kier molecular flexibility index (Phi) is 4.73. The predicted molar refractivity (Wildman–Crippen MR) is 108 cm³/mol. The van der Waals surface area contributed by atoms with E-state index in [9.17, 15) is 19.8 Å². The van der Waals surface area contributed by atoms with Crippen LogP contribution in [0.4, 0.5) is 0 Å². The lowest BCUT2D eigenvalue weighted by atomic mass is 9.73. The average Bonchev–Trinajstić information content (AvgIpc) is 3.17. The van der Waals surface area contributed by atoms with E-state index in [2.05, 4.69) is 23.2 Å². The van der Waals surface area contributed by atoms with E-state index in [1.165, 1.54) is 9.47 Å². The Morgan fingerprint density at radius 2 is 1.69 bits per heavy atom. The van der Waals surface area contributed by atoms with Crippen LogP contribution in [0.15, 0.2) is 23.0 Å². The largest absolute Gasteiger partial charge is 0.501 e. The minimum absolute atomic E-state index is 0.0821. The molecule has 29 heavy (non-hydrogen) atoms. The minimum atomic E-state index is -1.05. The first kappa shape index (κ1) is 19.6. The van der Waals surface area contributed by atoms with Crippen LogP contribution in [0.1, 0.15) is 64.8 Å². The smallest absolute Gasteiger partial charge is 0.316 e. The fraction of sp³-hybridized carbons (Fsp3) is 0.500. The summed E-state index contributed by atoms with van der Waals surface area (Å²) in [6.07, 6.45) is 2.45. The van der Waals surface area contributed by atoms with Gasteiger partial charge in [0.2, 0.25) is 5.75 Å². The number of aromatic hydroxyl groups is 1. The van der Waals surface area contributed by atoms with Crippen molar-refractivity contribution in [2.75, 3.05) is 13.6 Å². The lowest BCUT2D eigenvalue weighted by molar-refractivity contribution is 0.0611. The van der Waals surface area contributed by atoms with Gasteiger partial charge in [0, 0.05) is 25.6 Å². The van der Waals surface area contributed by atoms with Crippen molar-refractivity contribution in [3.8, 4) is 5.75 Å². The van der Waals surface area contributed by atoms with Gasteiger partial charge in [-0.2, -0.15) is 4.98 Å². The highest BCUT2D eigenvalue weighted by atomic mass is 16.3. The Morgan fingerprint density at radius 1 is 1.07 bits per heavy atom. The van der Waals surface area contributed by atoms with E-state index in [0.29, 0.717) is 13.1 Å². The molecule has 0 radical (unpaired) electrons. The van der Waals surface area contributed by atoms with E-state index >= 15 is 0 Å². The quantitative estimate of drug-likeness (QED) is 0.828. The first-order valence-electron chi connectivity index (χ1n) is 10.1. The number of amides is 1. The van der Waals surface area contributed by atoms with Gasteiger partial charge >= 0.3 is 5.56 Å². The van der Waals surface area contributed by atoms with Crippen molar-refractivity contribution in [3.63, 3.8) is 0 Å². The highest BCUT2D eigenvalue weighted by molar-refractivity contribution is 5.95. The molecular formula is C22H27N3O4. The highest BCUT2D eigenvalue weighted by Crippen LogP contribution is 2.50. The Balaban J connectivity index is 1.91. The molecule has 1 aliphatic carbocycles. The van der Waals surface area contributed by atoms with Gasteiger partial charge in [0.15, 0.2) is 5.69 Å². The van der Waals surface area contributed by atoms with Crippen molar-refractivity contribution < 1.29 is 15.0 Å². The molecule has 0 saturated heterocycles. The topological polar surface area (TPSA) is 95.7 Å². The second-order valence-electron chi connectivity index (χ2n) is 8.49. The highest BCUT2D eigenvalue weighted by Gasteiger charge is 2.46. The molecule has 2 N–H and O–H groups in total. The van der Waals surface area contributed by atoms with Crippen LogP contribution in [0.3, 0.4) is 0 Å². The zero-order valence-corrected chi connectivity index (χ0v) is 17.1. The van der Waals surface area contributed by atoms with Crippen LogP contribution < -0.4 is 5.56 Å². The number of aliphatic hydroxyl groups is 1. The summed E-state index contributed by atoms with van der Waals surface area (Å²) in [7, 11) is 1.63. The van der Waals surface area contributed by atoms with Gasteiger partial charge in [-0.05, 0) is 32.3 Å². The van der Waals surface area contributed by atoms with Gasteiger partial charge in [-0.1, -0.05) is 42.2 Å². The normalized spacial score (nSPS) is 19.3. The summed E-state index contributed by atoms with van der Waals surface area (Å²) in [5.74, 6) is -0.914. The van der Waals surface area contributed by atoms with Crippen molar-refractivity contribution in [2.45, 2.75) is 57.6 Å². The minimum Gasteiger partial charge on any atom is -0.501 e. The third-order valence-corrected chi connectivity index (χ3v) is 6.46. The molecule has 1 amide bonds. The van der Waals surface area contributed by atoms with Crippen LogP contribution >= 0.6 is 0 Å². The van der Waals surface area contributed by atoms with Crippen molar-refractivity contribution >= 4 is 5.91 Å². The Hall–Kier alpha value is -2.67. The fourth-order valence-electron chi connectivity index (χ4n) is 4.98. The van der Waals surface area contributed by atoms with Gasteiger partial charge in [-0.25, -0.2) is 0 Å². The number of nitrogens with zero attached hydrogens (tertiary/aromatic N) is 3. The lowest BCUT2D eigenvalue weighted by Gasteiger charge is -2.37. The molecule has 7 nitrogen and oxygen atoms in total. The van der Waals surface area contributed by atoms with Gasteiger partial charge in [0.25, 0.3) is 5.91 Å². The van der Waals surface area contributed by atoms with Gasteiger partial charge < -0.3 is 19.7 Å². The molecule has 1 aliphatic heterocycles. The first-order valence-corrected chi connectivity index (χ1v) is 10.1. The van der Waals surface area contributed by atoms with Crippen molar-refractivity contribution in [2.24, 2.45) is 0 Å². The summed E-state index contributed by atoms with van der Waals surface area (Å²) in [6.45, 7) is 4.86. The summed E-state index contributed by atoms with van der Waals surface area (Å²) in [4.78, 5) is 30.5. The number of hydrogen-bond acceptors (Lipinski definition) is 5. The average molecular weight is 397 g/mol. The second kappa shape index (κ2) is 6.99. The molecule has 154 valence electrons. The van der Waals surface area contributed by atoms with E-state index < -0.39 is 28.7 Å². The van der Waals surface area contributed by atoms with Crippen LogP contribution in [-0.4, -0.2) is 44.2 Å². The van der Waals surface area contributed by atoms with E-state index in [1.54, 1.807) is 7.05 Å². The number of rotatable bonds is 3. The number of carbonyl (C=O) groups is 1. The van der Waals surface area contributed by atoms with Crippen LogP contribution in [-0.2, 0) is 12.0 Å². The molecule has 1 saturated carbocycles. The van der Waals surface area contributed by atoms with E-state index in [1.807, 2.05) is 13.8 Å². The number of aliphatic hydroxyl groups excluding tert-OH is 1. The molecule has 2 aromatic rings. The van der Waals surface area contributed by atoms with Crippen molar-refractivity contribution in [1.82, 2.24) is 14.5 Å². The molecule has 0 bridgehead atoms. The van der Waals surface area contributed by atoms with Crippen LogP contribution in [0.5, 0.6) is 5.75 Å². The standard InChI is InChI=1S/C22H27N3O4/c1-13-10-14(2)12-15(11-13)22(6-4-5-7-22)18(27)19-23-20(28)17(26)16-21(29)24(3)8-9-25(16)19/h10-12,18,26-27H,4-9H2,1-3H3. The molecule has 1 atom stereocenters. The number of aryl methyl sites for hydroxylation is 2. The number of benzene rings is 1. The Morgan fingerprint density at radius 3 is 2.31 bits per heavy atom. The maximum absolute atomic E-state index is 12.6. The third-order valence-electron chi connectivity index (χ3n) is 6.46. The molecular weight excluding hydrogens is 370 g/mol. The maximum atomic E-state index is 12.6. The molecule has 0 spiro atoms. The molecule has 1 unspecified atom stereocenters. The molecule has 2 aliphatic rings. The summed E-state index contributed by atoms with van der Waals surface area (Å²) >= 11 is 0. The number of aromatic nitrogens is 2. The number of carbonyl (C=O) groups excluding carboxylic acids is 1. The Bertz CT molecular complexity index is 1020. The van der Waals surface area contributed by atoms with Crippen LogP contribution in [0.2, 0.25) is 0 Å². The number of likely N-dealkylation sites (N-methyl/N-ethyl adjacent to an activating group) is 1. The summed E-state index contributed by atoms with van der Waals surface area (Å²) in [5, 5.41) is 21.8. The molecule has 2 heterocycles. The van der Waals surface area contributed by atoms with Crippen LogP contribution in [0, 0.1) is 13.8 Å². The van der Waals surface area contributed by atoms with Gasteiger partial charge in [-0.3, -0.25) is 9.59 Å². The molecule has 1 aromatic heterocycles. The SMILES string of the molecule is Cc1cc(C)cc(C2(C(O)c3nc(=O)c(O)c4n3CCN(C)C4=O)CCCC2)c1. The summed E-state index contributed by atoms with van der Waals surface area (Å²) in [6, 6.07) is 6.28. The molecule has 4 rings (SSSR count). The predicted octanol–water partition coefficient (Wildman–Crippen LogP) is 2.20. The van der Waals surface area contributed by atoms with Gasteiger partial charge in [0.05, 0.1) is 0 Å². The van der Waals surface area contributed by atoms with Crippen LogP contribution in [0.25, 0.3) is 0 Å². The lowest BCUT2D eigenvalue weighted by Crippen LogP contribution is -2.43. The third kappa shape index (κ3) is 3.04. The van der Waals surface area contributed by atoms with E-state index in [4.69, 9.17) is 0 Å². The number of fused-ring (bicyclic) bond motifs is 1.